The molecule has 2 N–H and O–H groups in total. The van der Waals surface area contributed by atoms with E-state index in [1.807, 2.05) is 0 Å². The number of amides is 1. The van der Waals surface area contributed by atoms with Crippen LogP contribution < -0.4 is 0 Å². The fourth-order valence-corrected chi connectivity index (χ4v) is 1.71. The molecule has 1 amide bonds. The number of carbonyl (C=O) groups is 3. The minimum Gasteiger partial charge on any atom is -0.481 e. The normalized spacial score (nSPS) is 16.1. The van der Waals surface area contributed by atoms with Crippen molar-refractivity contribution in [2.45, 2.75) is 32.6 Å². The third-order valence-electron chi connectivity index (χ3n) is 2.97. The molecule has 0 spiro atoms. The van der Waals surface area contributed by atoms with Crippen molar-refractivity contribution in [2.75, 3.05) is 13.1 Å². The summed E-state index contributed by atoms with van der Waals surface area (Å²) < 4.78 is 0. The van der Waals surface area contributed by atoms with Crippen molar-refractivity contribution in [2.24, 2.45) is 11.8 Å². The molecular formula is C12H19NO5. The molecule has 0 aliphatic heterocycles. The quantitative estimate of drug-likeness (QED) is 0.671. The predicted octanol–water partition coefficient (Wildman–Crippen LogP) is 0.810. The van der Waals surface area contributed by atoms with E-state index >= 15 is 0 Å². The van der Waals surface area contributed by atoms with Crippen molar-refractivity contribution >= 4 is 17.8 Å². The van der Waals surface area contributed by atoms with E-state index in [9.17, 15) is 14.4 Å². The predicted molar refractivity (Wildman–Crippen MR) is 63.0 cm³/mol. The van der Waals surface area contributed by atoms with Gasteiger partial charge < -0.3 is 15.1 Å². The maximum atomic E-state index is 11.9. The Balaban J connectivity index is 2.48. The van der Waals surface area contributed by atoms with Gasteiger partial charge in [-0.15, -0.1) is 0 Å². The lowest BCUT2D eigenvalue weighted by Crippen LogP contribution is -2.38. The summed E-state index contributed by atoms with van der Waals surface area (Å²) in [5.74, 6) is -2.48. The molecule has 0 bridgehead atoms. The zero-order valence-corrected chi connectivity index (χ0v) is 10.5. The van der Waals surface area contributed by atoms with Gasteiger partial charge in [-0.2, -0.15) is 0 Å². The zero-order chi connectivity index (χ0) is 13.7. The molecule has 6 nitrogen and oxygen atoms in total. The Hall–Kier alpha value is -1.59. The number of hydrogen-bond acceptors (Lipinski definition) is 3. The Labute approximate surface area is 106 Å². The molecule has 0 heterocycles. The van der Waals surface area contributed by atoms with E-state index in [1.54, 1.807) is 6.92 Å². The van der Waals surface area contributed by atoms with Crippen LogP contribution in [0, 0.1) is 11.8 Å². The van der Waals surface area contributed by atoms with Crippen molar-refractivity contribution in [3.63, 3.8) is 0 Å². The second kappa shape index (κ2) is 6.37. The highest BCUT2D eigenvalue weighted by atomic mass is 16.4. The van der Waals surface area contributed by atoms with Crippen LogP contribution in [0.2, 0.25) is 0 Å². The summed E-state index contributed by atoms with van der Waals surface area (Å²) in [5.41, 5.74) is 0. The van der Waals surface area contributed by atoms with Gasteiger partial charge in [0, 0.05) is 25.4 Å². The average Bonchev–Trinajstić information content (AvgIpc) is 3.09. The van der Waals surface area contributed by atoms with Gasteiger partial charge in [0.2, 0.25) is 5.91 Å². The first-order valence-electron chi connectivity index (χ1n) is 6.15. The van der Waals surface area contributed by atoms with Crippen LogP contribution in [0.4, 0.5) is 0 Å². The topological polar surface area (TPSA) is 94.9 Å². The van der Waals surface area contributed by atoms with Gasteiger partial charge in [0.25, 0.3) is 0 Å². The van der Waals surface area contributed by atoms with Crippen LogP contribution in [0.1, 0.15) is 32.6 Å². The molecule has 0 radical (unpaired) electrons. The zero-order valence-electron chi connectivity index (χ0n) is 10.5. The van der Waals surface area contributed by atoms with Crippen molar-refractivity contribution < 1.29 is 24.6 Å². The summed E-state index contributed by atoms with van der Waals surface area (Å²) in [7, 11) is 0. The van der Waals surface area contributed by atoms with Crippen molar-refractivity contribution in [3.05, 3.63) is 0 Å². The van der Waals surface area contributed by atoms with Crippen LogP contribution in [0.15, 0.2) is 0 Å². The molecule has 1 aliphatic carbocycles. The molecule has 1 atom stereocenters. The van der Waals surface area contributed by atoms with Crippen molar-refractivity contribution in [1.82, 2.24) is 4.90 Å². The van der Waals surface area contributed by atoms with Gasteiger partial charge in [-0.3, -0.25) is 14.4 Å². The van der Waals surface area contributed by atoms with E-state index in [0.29, 0.717) is 13.0 Å². The molecule has 0 aromatic rings. The Morgan fingerprint density at radius 2 is 1.89 bits per heavy atom. The summed E-state index contributed by atoms with van der Waals surface area (Å²) in [6.45, 7) is 2.02. The molecule has 1 aliphatic rings. The van der Waals surface area contributed by atoms with Gasteiger partial charge in [-0.05, 0) is 19.3 Å². The van der Waals surface area contributed by atoms with E-state index < -0.39 is 17.9 Å². The number of aliphatic carboxylic acids is 2. The highest BCUT2D eigenvalue weighted by molar-refractivity contribution is 5.81. The van der Waals surface area contributed by atoms with Gasteiger partial charge in [0.15, 0.2) is 0 Å². The third kappa shape index (κ3) is 4.73. The maximum absolute atomic E-state index is 11.9. The van der Waals surface area contributed by atoms with Crippen LogP contribution in [-0.4, -0.2) is 46.0 Å². The SMILES string of the molecule is CC(CN(CCCC(=O)O)C(=O)C1CC1)C(=O)O. The lowest BCUT2D eigenvalue weighted by atomic mass is 10.1. The van der Waals surface area contributed by atoms with Gasteiger partial charge in [0.1, 0.15) is 0 Å². The minimum atomic E-state index is -0.943. The monoisotopic (exact) mass is 257 g/mol. The standard InChI is InChI=1S/C12H19NO5/c1-8(12(17)18)7-13(6-2-3-10(14)15)11(16)9-4-5-9/h8-9H,2-7H2,1H3,(H,14,15)(H,17,18). The second-order valence-electron chi connectivity index (χ2n) is 4.80. The number of hydrogen-bond donors (Lipinski definition) is 2. The lowest BCUT2D eigenvalue weighted by molar-refractivity contribution is -0.144. The number of carboxylic acid groups (broad SMARTS) is 2. The average molecular weight is 257 g/mol. The Morgan fingerprint density at radius 1 is 1.28 bits per heavy atom. The van der Waals surface area contributed by atoms with Gasteiger partial charge in [-0.25, -0.2) is 0 Å². The third-order valence-corrected chi connectivity index (χ3v) is 2.97. The summed E-state index contributed by atoms with van der Waals surface area (Å²) in [6.07, 6.45) is 2.07. The molecule has 18 heavy (non-hydrogen) atoms. The first-order chi connectivity index (χ1) is 8.41. The van der Waals surface area contributed by atoms with Gasteiger partial charge >= 0.3 is 11.9 Å². The summed E-state index contributed by atoms with van der Waals surface area (Å²) in [6, 6.07) is 0. The fraction of sp³-hybridized carbons (Fsp3) is 0.750. The number of rotatable bonds is 8. The number of carboxylic acids is 2. The highest BCUT2D eigenvalue weighted by Crippen LogP contribution is 2.31. The Morgan fingerprint density at radius 3 is 2.33 bits per heavy atom. The molecule has 0 aromatic carbocycles. The fourth-order valence-electron chi connectivity index (χ4n) is 1.71. The van der Waals surface area contributed by atoms with Crippen LogP contribution in [0.3, 0.4) is 0 Å². The van der Waals surface area contributed by atoms with E-state index in [1.165, 1.54) is 4.90 Å². The highest BCUT2D eigenvalue weighted by Gasteiger charge is 2.34. The Kier molecular flexibility index (Phi) is 5.12. The number of carbonyl (C=O) groups excluding carboxylic acids is 1. The largest absolute Gasteiger partial charge is 0.481 e. The van der Waals surface area contributed by atoms with Gasteiger partial charge in [0.05, 0.1) is 5.92 Å². The minimum absolute atomic E-state index is 0.00407. The number of nitrogens with zero attached hydrogens (tertiary/aromatic N) is 1. The molecule has 1 saturated carbocycles. The first-order valence-corrected chi connectivity index (χ1v) is 6.15. The van der Waals surface area contributed by atoms with Crippen LogP contribution >= 0.6 is 0 Å². The summed E-state index contributed by atoms with van der Waals surface area (Å²) in [5, 5.41) is 17.4. The van der Waals surface area contributed by atoms with E-state index in [2.05, 4.69) is 0 Å². The second-order valence-corrected chi connectivity index (χ2v) is 4.80. The van der Waals surface area contributed by atoms with E-state index in [-0.39, 0.29) is 24.8 Å². The molecule has 0 saturated heterocycles. The molecule has 1 rings (SSSR count). The summed E-state index contributed by atoms with van der Waals surface area (Å²) >= 11 is 0. The molecule has 1 unspecified atom stereocenters. The van der Waals surface area contributed by atoms with Gasteiger partial charge in [-0.1, -0.05) is 6.92 Å². The molecule has 6 heteroatoms. The lowest BCUT2D eigenvalue weighted by Gasteiger charge is -2.24. The molecular weight excluding hydrogens is 238 g/mol. The summed E-state index contributed by atoms with van der Waals surface area (Å²) in [4.78, 5) is 34.6. The Bertz CT molecular complexity index is 337. The maximum Gasteiger partial charge on any atom is 0.308 e. The van der Waals surface area contributed by atoms with Crippen LogP contribution in [0.5, 0.6) is 0 Å². The van der Waals surface area contributed by atoms with Crippen LogP contribution in [-0.2, 0) is 14.4 Å². The van der Waals surface area contributed by atoms with Crippen molar-refractivity contribution in [1.29, 1.82) is 0 Å². The molecule has 102 valence electrons. The van der Waals surface area contributed by atoms with E-state index in [4.69, 9.17) is 10.2 Å². The first kappa shape index (κ1) is 14.5. The van der Waals surface area contributed by atoms with Crippen LogP contribution in [0.25, 0.3) is 0 Å². The molecule has 1 fully saturated rings. The molecule has 0 aromatic heterocycles. The van der Waals surface area contributed by atoms with E-state index in [0.717, 1.165) is 12.8 Å². The smallest absolute Gasteiger partial charge is 0.308 e. The van der Waals surface area contributed by atoms with Crippen molar-refractivity contribution in [3.8, 4) is 0 Å².